The summed E-state index contributed by atoms with van der Waals surface area (Å²) in [5.74, 6) is -0.245. The van der Waals surface area contributed by atoms with Gasteiger partial charge < -0.3 is 10.4 Å². The van der Waals surface area contributed by atoms with Crippen molar-refractivity contribution < 1.29 is 9.90 Å². The fourth-order valence-electron chi connectivity index (χ4n) is 2.81. The maximum absolute atomic E-state index is 12.4. The summed E-state index contributed by atoms with van der Waals surface area (Å²) in [4.78, 5) is 12.4. The van der Waals surface area contributed by atoms with Gasteiger partial charge in [-0.2, -0.15) is 5.10 Å². The molecule has 0 aliphatic rings. The highest BCUT2D eigenvalue weighted by molar-refractivity contribution is 5.93. The summed E-state index contributed by atoms with van der Waals surface area (Å²) in [7, 11) is 0. The van der Waals surface area contributed by atoms with E-state index in [1.165, 1.54) is 0 Å². The molecule has 0 aliphatic carbocycles. The summed E-state index contributed by atoms with van der Waals surface area (Å²) in [6.45, 7) is 3.90. The Bertz CT molecular complexity index is 872. The Hall–Kier alpha value is -2.92. The van der Waals surface area contributed by atoms with Crippen LogP contribution < -0.4 is 5.32 Å². The summed E-state index contributed by atoms with van der Waals surface area (Å²) in [5.41, 5.74) is 4.10. The van der Waals surface area contributed by atoms with Gasteiger partial charge in [0.1, 0.15) is 0 Å². The van der Waals surface area contributed by atoms with Crippen molar-refractivity contribution in [3.05, 3.63) is 77.6 Å². The number of carbonyl (C=O) groups excluding carboxylic acids is 1. The number of hydrogen-bond acceptors (Lipinski definition) is 3. The van der Waals surface area contributed by atoms with Gasteiger partial charge >= 0.3 is 0 Å². The van der Waals surface area contributed by atoms with Crippen LogP contribution >= 0.6 is 0 Å². The second-order valence-electron chi connectivity index (χ2n) is 6.03. The van der Waals surface area contributed by atoms with E-state index in [0.29, 0.717) is 5.69 Å². The molecule has 1 heterocycles. The van der Waals surface area contributed by atoms with Crippen LogP contribution in [0.4, 0.5) is 5.69 Å². The minimum Gasteiger partial charge on any atom is -0.388 e. The third-order valence-corrected chi connectivity index (χ3v) is 3.98. The number of aryl methyl sites for hydroxylation is 2. The van der Waals surface area contributed by atoms with Crippen molar-refractivity contribution >= 4 is 11.6 Å². The highest BCUT2D eigenvalue weighted by Crippen LogP contribution is 2.23. The number of para-hydroxylation sites is 2. The van der Waals surface area contributed by atoms with E-state index in [-0.39, 0.29) is 12.3 Å². The maximum Gasteiger partial charge on any atom is 0.227 e. The number of amides is 1. The summed E-state index contributed by atoms with van der Waals surface area (Å²) in [5, 5.41) is 17.6. The highest BCUT2D eigenvalue weighted by atomic mass is 16.3. The van der Waals surface area contributed by atoms with Gasteiger partial charge in [-0.1, -0.05) is 42.5 Å². The predicted molar refractivity (Wildman–Crippen MR) is 97.7 cm³/mol. The largest absolute Gasteiger partial charge is 0.388 e. The molecule has 0 saturated carbocycles. The van der Waals surface area contributed by atoms with E-state index in [2.05, 4.69) is 10.4 Å². The first-order valence-electron chi connectivity index (χ1n) is 8.20. The number of aliphatic hydroxyl groups is 1. The SMILES string of the molecule is Cc1cc(C)n(-c2ccccc2NC(=O)CC(O)c2ccccc2)n1. The fourth-order valence-corrected chi connectivity index (χ4v) is 2.81. The molecule has 25 heavy (non-hydrogen) atoms. The molecule has 0 saturated heterocycles. The molecule has 3 aromatic rings. The Morgan fingerprint density at radius 2 is 1.80 bits per heavy atom. The number of anilines is 1. The monoisotopic (exact) mass is 335 g/mol. The quantitative estimate of drug-likeness (QED) is 0.749. The standard InChI is InChI=1S/C20H21N3O2/c1-14-12-15(2)23(22-14)18-11-7-6-10-17(18)21-20(25)13-19(24)16-8-4-3-5-9-16/h3-12,19,24H,13H2,1-2H3,(H,21,25). The lowest BCUT2D eigenvalue weighted by molar-refractivity contribution is -0.118. The van der Waals surface area contributed by atoms with Crippen molar-refractivity contribution in [1.29, 1.82) is 0 Å². The zero-order valence-electron chi connectivity index (χ0n) is 14.3. The topological polar surface area (TPSA) is 67.2 Å². The Balaban J connectivity index is 1.77. The molecule has 2 aromatic carbocycles. The minimum atomic E-state index is -0.831. The molecule has 1 atom stereocenters. The molecule has 2 N–H and O–H groups in total. The molecule has 5 heteroatoms. The van der Waals surface area contributed by atoms with Crippen LogP contribution in [0.2, 0.25) is 0 Å². The van der Waals surface area contributed by atoms with Crippen molar-refractivity contribution in [2.24, 2.45) is 0 Å². The van der Waals surface area contributed by atoms with Crippen LogP contribution in [-0.2, 0) is 4.79 Å². The van der Waals surface area contributed by atoms with Crippen LogP contribution in [0.15, 0.2) is 60.7 Å². The molecule has 3 rings (SSSR count). The van der Waals surface area contributed by atoms with E-state index in [1.807, 2.05) is 74.5 Å². The first-order chi connectivity index (χ1) is 12.0. The van der Waals surface area contributed by atoms with Crippen LogP contribution in [0.25, 0.3) is 5.69 Å². The van der Waals surface area contributed by atoms with Crippen LogP contribution in [0.1, 0.15) is 29.5 Å². The Kier molecular flexibility index (Phi) is 4.95. The highest BCUT2D eigenvalue weighted by Gasteiger charge is 2.15. The molecule has 0 aliphatic heterocycles. The molecule has 1 unspecified atom stereocenters. The normalized spacial score (nSPS) is 12.0. The van der Waals surface area contributed by atoms with Crippen molar-refractivity contribution in [2.75, 3.05) is 5.32 Å². The van der Waals surface area contributed by atoms with Crippen LogP contribution in [0.3, 0.4) is 0 Å². The zero-order valence-corrected chi connectivity index (χ0v) is 14.3. The number of carbonyl (C=O) groups is 1. The number of nitrogens with zero attached hydrogens (tertiary/aromatic N) is 2. The van der Waals surface area contributed by atoms with Crippen LogP contribution in [-0.4, -0.2) is 20.8 Å². The molecular weight excluding hydrogens is 314 g/mol. The lowest BCUT2D eigenvalue weighted by atomic mass is 10.1. The third-order valence-electron chi connectivity index (χ3n) is 3.98. The first kappa shape index (κ1) is 16.9. The van der Waals surface area contributed by atoms with Gasteiger partial charge in [-0.05, 0) is 37.6 Å². The Morgan fingerprint density at radius 1 is 1.12 bits per heavy atom. The summed E-state index contributed by atoms with van der Waals surface area (Å²) in [6, 6.07) is 18.7. The number of aliphatic hydroxyl groups excluding tert-OH is 1. The van der Waals surface area contributed by atoms with E-state index in [9.17, 15) is 9.90 Å². The van der Waals surface area contributed by atoms with Gasteiger partial charge in [0, 0.05) is 5.69 Å². The van der Waals surface area contributed by atoms with Gasteiger partial charge in [0.05, 0.1) is 29.6 Å². The van der Waals surface area contributed by atoms with Gasteiger partial charge in [0.2, 0.25) is 5.91 Å². The van der Waals surface area contributed by atoms with E-state index in [1.54, 1.807) is 4.68 Å². The van der Waals surface area contributed by atoms with E-state index >= 15 is 0 Å². The molecule has 0 fully saturated rings. The molecule has 5 nitrogen and oxygen atoms in total. The van der Waals surface area contributed by atoms with Gasteiger partial charge in [0.25, 0.3) is 0 Å². The zero-order chi connectivity index (χ0) is 17.8. The lowest BCUT2D eigenvalue weighted by Gasteiger charge is -2.14. The fraction of sp³-hybridized carbons (Fsp3) is 0.200. The molecule has 1 amide bonds. The van der Waals surface area contributed by atoms with Gasteiger partial charge in [-0.25, -0.2) is 4.68 Å². The summed E-state index contributed by atoms with van der Waals surface area (Å²) < 4.78 is 1.80. The first-order valence-corrected chi connectivity index (χ1v) is 8.20. The van der Waals surface area contributed by atoms with Crippen molar-refractivity contribution in [3.8, 4) is 5.69 Å². The van der Waals surface area contributed by atoms with Gasteiger partial charge in [0.15, 0.2) is 0 Å². The van der Waals surface area contributed by atoms with E-state index < -0.39 is 6.10 Å². The summed E-state index contributed by atoms with van der Waals surface area (Å²) >= 11 is 0. The lowest BCUT2D eigenvalue weighted by Crippen LogP contribution is -2.17. The molecule has 0 radical (unpaired) electrons. The average Bonchev–Trinajstić information content (AvgIpc) is 2.94. The second kappa shape index (κ2) is 7.32. The van der Waals surface area contributed by atoms with Crippen molar-refractivity contribution in [1.82, 2.24) is 9.78 Å². The van der Waals surface area contributed by atoms with Gasteiger partial charge in [-0.15, -0.1) is 0 Å². The maximum atomic E-state index is 12.4. The Labute approximate surface area is 146 Å². The smallest absolute Gasteiger partial charge is 0.227 e. The number of aromatic nitrogens is 2. The van der Waals surface area contributed by atoms with Crippen LogP contribution in [0, 0.1) is 13.8 Å². The second-order valence-corrected chi connectivity index (χ2v) is 6.03. The molecule has 1 aromatic heterocycles. The number of benzene rings is 2. The average molecular weight is 335 g/mol. The van der Waals surface area contributed by atoms with Crippen molar-refractivity contribution in [2.45, 2.75) is 26.4 Å². The number of nitrogens with one attached hydrogen (secondary N) is 1. The summed E-state index contributed by atoms with van der Waals surface area (Å²) in [6.07, 6.45) is -0.836. The molecule has 0 bridgehead atoms. The number of hydrogen-bond donors (Lipinski definition) is 2. The Morgan fingerprint density at radius 3 is 2.48 bits per heavy atom. The van der Waals surface area contributed by atoms with Crippen molar-refractivity contribution in [3.63, 3.8) is 0 Å². The van der Waals surface area contributed by atoms with E-state index in [4.69, 9.17) is 0 Å². The molecular formula is C20H21N3O2. The predicted octanol–water partition coefficient (Wildman–Crippen LogP) is 3.55. The molecule has 0 spiro atoms. The third kappa shape index (κ3) is 3.95. The van der Waals surface area contributed by atoms with E-state index in [0.717, 1.165) is 22.6 Å². The van der Waals surface area contributed by atoms with Gasteiger partial charge in [-0.3, -0.25) is 4.79 Å². The van der Waals surface area contributed by atoms with Crippen LogP contribution in [0.5, 0.6) is 0 Å². The minimum absolute atomic E-state index is 0.00450. The number of rotatable bonds is 5. The molecule has 128 valence electrons.